The number of methoxy groups -OCH3 is 1. The highest BCUT2D eigenvalue weighted by Crippen LogP contribution is 2.42. The molecule has 1 N–H and O–H groups in total. The molecule has 3 aromatic carbocycles. The molecule has 8 nitrogen and oxygen atoms in total. The lowest BCUT2D eigenvalue weighted by molar-refractivity contribution is -0.140. The maximum atomic E-state index is 13.4. The number of hydrogen-bond donors (Lipinski definition) is 1. The fourth-order valence-corrected chi connectivity index (χ4v) is 5.07. The molecule has 1 unspecified atom stereocenters. The minimum atomic E-state index is -0.792. The first-order valence-electron chi connectivity index (χ1n) is 14.8. The number of carbonyl (C=O) groups is 2. The van der Waals surface area contributed by atoms with Gasteiger partial charge in [0.05, 0.1) is 25.3 Å². The van der Waals surface area contributed by atoms with E-state index in [-0.39, 0.29) is 11.3 Å². The number of Topliss-reactive ketones (excluding diaryl/α,β-unsaturated/α-hetero) is 1. The SMILES string of the molecule is CCCCCOc1ccc(C2C(=C(O)c3ccc(OCc4ccccc4C)cc3)C(=O)C(=O)N2CCN(C)C)cc1OC. The van der Waals surface area contributed by atoms with Crippen LogP contribution in [0, 0.1) is 6.92 Å². The van der Waals surface area contributed by atoms with E-state index >= 15 is 0 Å². The lowest BCUT2D eigenvalue weighted by Crippen LogP contribution is -2.35. The van der Waals surface area contributed by atoms with Gasteiger partial charge in [-0.1, -0.05) is 50.1 Å². The third kappa shape index (κ3) is 7.56. The standard InChI is InChI=1S/C35H42N2O6/c1-6-7-10-21-42-29-18-15-26(22-30(29)41-5)32-31(34(39)35(40)37(32)20-19-36(3)4)33(38)25-13-16-28(17-14-25)43-23-27-12-9-8-11-24(27)2/h8-9,11-18,22,32,38H,6-7,10,19-21,23H2,1-5H3. The normalized spacial score (nSPS) is 16.1. The Labute approximate surface area is 254 Å². The first-order valence-corrected chi connectivity index (χ1v) is 14.8. The van der Waals surface area contributed by atoms with Gasteiger partial charge < -0.3 is 29.1 Å². The Morgan fingerprint density at radius 2 is 1.70 bits per heavy atom. The lowest BCUT2D eigenvalue weighted by Gasteiger charge is -2.27. The third-order valence-corrected chi connectivity index (χ3v) is 7.62. The highest BCUT2D eigenvalue weighted by Gasteiger charge is 2.46. The summed E-state index contributed by atoms with van der Waals surface area (Å²) in [7, 11) is 5.37. The van der Waals surface area contributed by atoms with E-state index in [2.05, 4.69) is 6.92 Å². The van der Waals surface area contributed by atoms with E-state index < -0.39 is 17.7 Å². The van der Waals surface area contributed by atoms with Crippen molar-refractivity contribution in [2.45, 2.75) is 45.8 Å². The minimum Gasteiger partial charge on any atom is -0.507 e. The van der Waals surface area contributed by atoms with E-state index in [1.807, 2.05) is 56.3 Å². The number of aliphatic hydroxyl groups excluding tert-OH is 1. The van der Waals surface area contributed by atoms with Crippen molar-refractivity contribution in [3.05, 3.63) is 94.6 Å². The quantitative estimate of drug-likeness (QED) is 0.105. The van der Waals surface area contributed by atoms with Crippen LogP contribution < -0.4 is 14.2 Å². The molecular weight excluding hydrogens is 544 g/mol. The van der Waals surface area contributed by atoms with Crippen LogP contribution in [0.2, 0.25) is 0 Å². The smallest absolute Gasteiger partial charge is 0.295 e. The summed E-state index contributed by atoms with van der Waals surface area (Å²) in [6, 6.07) is 19.5. The fourth-order valence-electron chi connectivity index (χ4n) is 5.07. The highest BCUT2D eigenvalue weighted by molar-refractivity contribution is 6.46. The summed E-state index contributed by atoms with van der Waals surface area (Å²) in [5, 5.41) is 11.5. The van der Waals surface area contributed by atoms with E-state index in [0.717, 1.165) is 30.4 Å². The number of unbranched alkanes of at least 4 members (excludes halogenated alkanes) is 2. The van der Waals surface area contributed by atoms with E-state index in [1.54, 1.807) is 43.5 Å². The first-order chi connectivity index (χ1) is 20.7. The van der Waals surface area contributed by atoms with Crippen molar-refractivity contribution in [1.29, 1.82) is 0 Å². The molecule has 1 fully saturated rings. The van der Waals surface area contributed by atoms with Crippen molar-refractivity contribution in [1.82, 2.24) is 9.80 Å². The van der Waals surface area contributed by atoms with Crippen LogP contribution in [-0.2, 0) is 16.2 Å². The topological polar surface area (TPSA) is 88.5 Å². The molecule has 0 aromatic heterocycles. The Hall–Kier alpha value is -4.30. The number of amides is 1. The molecule has 228 valence electrons. The number of carbonyl (C=O) groups excluding carboxylic acids is 2. The summed E-state index contributed by atoms with van der Waals surface area (Å²) < 4.78 is 17.5. The van der Waals surface area contributed by atoms with Crippen molar-refractivity contribution < 1.29 is 28.9 Å². The van der Waals surface area contributed by atoms with Gasteiger partial charge in [0.1, 0.15) is 18.1 Å². The average Bonchev–Trinajstić information content (AvgIpc) is 3.26. The third-order valence-electron chi connectivity index (χ3n) is 7.62. The van der Waals surface area contributed by atoms with Crippen LogP contribution in [0.3, 0.4) is 0 Å². The summed E-state index contributed by atoms with van der Waals surface area (Å²) in [6.07, 6.45) is 3.09. The molecule has 43 heavy (non-hydrogen) atoms. The van der Waals surface area contributed by atoms with Crippen LogP contribution in [0.5, 0.6) is 17.2 Å². The lowest BCUT2D eigenvalue weighted by atomic mass is 9.95. The van der Waals surface area contributed by atoms with Gasteiger partial charge in [0.2, 0.25) is 0 Å². The maximum absolute atomic E-state index is 13.4. The molecule has 4 rings (SSSR count). The van der Waals surface area contributed by atoms with Gasteiger partial charge in [0.25, 0.3) is 11.7 Å². The molecule has 8 heteroatoms. The first kappa shape index (κ1) is 31.6. The molecule has 1 atom stereocenters. The van der Waals surface area contributed by atoms with Crippen molar-refractivity contribution >= 4 is 17.4 Å². The summed E-state index contributed by atoms with van der Waals surface area (Å²) in [5.74, 6) is 0.115. The predicted octanol–water partition coefficient (Wildman–Crippen LogP) is 6.13. The van der Waals surface area contributed by atoms with Gasteiger partial charge in [-0.2, -0.15) is 0 Å². The van der Waals surface area contributed by atoms with E-state index in [1.165, 1.54) is 4.90 Å². The van der Waals surface area contributed by atoms with E-state index in [9.17, 15) is 14.7 Å². The molecule has 0 bridgehead atoms. The van der Waals surface area contributed by atoms with Crippen LogP contribution in [0.1, 0.15) is 54.5 Å². The van der Waals surface area contributed by atoms with Gasteiger partial charge in [-0.05, 0) is 80.5 Å². The number of likely N-dealkylation sites (tertiary alicyclic amines) is 1. The van der Waals surface area contributed by atoms with Gasteiger partial charge in [0, 0.05) is 18.7 Å². The fraction of sp³-hybridized carbons (Fsp3) is 0.371. The second-order valence-electron chi connectivity index (χ2n) is 11.0. The van der Waals surface area contributed by atoms with Crippen molar-refractivity contribution in [3.8, 4) is 17.2 Å². The minimum absolute atomic E-state index is 0.0380. The zero-order chi connectivity index (χ0) is 30.9. The van der Waals surface area contributed by atoms with Crippen molar-refractivity contribution in [2.75, 3.05) is 40.9 Å². The number of benzene rings is 3. The monoisotopic (exact) mass is 586 g/mol. The second-order valence-corrected chi connectivity index (χ2v) is 11.0. The molecule has 0 radical (unpaired) electrons. The summed E-state index contributed by atoms with van der Waals surface area (Å²) in [4.78, 5) is 30.2. The molecule has 0 aliphatic carbocycles. The molecule has 3 aromatic rings. The zero-order valence-corrected chi connectivity index (χ0v) is 25.8. The summed E-state index contributed by atoms with van der Waals surface area (Å²) in [5.41, 5.74) is 3.33. The Morgan fingerprint density at radius 1 is 0.953 bits per heavy atom. The van der Waals surface area contributed by atoms with Crippen molar-refractivity contribution in [3.63, 3.8) is 0 Å². The maximum Gasteiger partial charge on any atom is 0.295 e. The van der Waals surface area contributed by atoms with Gasteiger partial charge in [-0.15, -0.1) is 0 Å². The van der Waals surface area contributed by atoms with Gasteiger partial charge in [-0.25, -0.2) is 0 Å². The molecule has 1 heterocycles. The molecule has 1 aliphatic heterocycles. The van der Waals surface area contributed by atoms with Crippen LogP contribution in [-0.4, -0.2) is 67.5 Å². The Bertz CT molecular complexity index is 1450. The van der Waals surface area contributed by atoms with Crippen LogP contribution in [0.25, 0.3) is 5.76 Å². The van der Waals surface area contributed by atoms with Gasteiger partial charge >= 0.3 is 0 Å². The van der Waals surface area contributed by atoms with Crippen LogP contribution in [0.15, 0.2) is 72.3 Å². The number of nitrogens with zero attached hydrogens (tertiary/aromatic N) is 2. The molecule has 1 aliphatic rings. The van der Waals surface area contributed by atoms with Crippen molar-refractivity contribution in [2.24, 2.45) is 0 Å². The van der Waals surface area contributed by atoms with E-state index in [0.29, 0.717) is 54.7 Å². The number of aryl methyl sites for hydroxylation is 1. The summed E-state index contributed by atoms with van der Waals surface area (Å²) in [6.45, 7) is 6.00. The average molecular weight is 587 g/mol. The molecule has 1 saturated heterocycles. The molecule has 0 saturated carbocycles. The van der Waals surface area contributed by atoms with Gasteiger partial charge in [0.15, 0.2) is 11.5 Å². The number of ketones is 1. The predicted molar refractivity (Wildman–Crippen MR) is 168 cm³/mol. The molecule has 1 amide bonds. The Kier molecular flexibility index (Phi) is 10.8. The summed E-state index contributed by atoms with van der Waals surface area (Å²) >= 11 is 0. The van der Waals surface area contributed by atoms with Crippen LogP contribution in [0.4, 0.5) is 0 Å². The molecular formula is C35H42N2O6. The van der Waals surface area contributed by atoms with E-state index in [4.69, 9.17) is 14.2 Å². The Balaban J connectivity index is 1.66. The molecule has 0 spiro atoms. The van der Waals surface area contributed by atoms with Gasteiger partial charge in [-0.3, -0.25) is 9.59 Å². The number of hydrogen-bond acceptors (Lipinski definition) is 7. The van der Waals surface area contributed by atoms with Crippen LogP contribution >= 0.6 is 0 Å². The highest BCUT2D eigenvalue weighted by atomic mass is 16.5. The number of likely N-dealkylation sites (N-methyl/N-ethyl adjacent to an activating group) is 1. The number of aliphatic hydroxyl groups is 1. The largest absolute Gasteiger partial charge is 0.507 e. The Morgan fingerprint density at radius 3 is 2.37 bits per heavy atom. The zero-order valence-electron chi connectivity index (χ0n) is 25.8. The number of ether oxygens (including phenoxy) is 3. The number of rotatable bonds is 14. The second kappa shape index (κ2) is 14.7.